The Kier molecular flexibility index (Phi) is 6.34. The molecule has 2 aromatic rings. The van der Waals surface area contributed by atoms with Crippen LogP contribution in [0.2, 0.25) is 0 Å². The molecule has 0 bridgehead atoms. The highest BCUT2D eigenvalue weighted by molar-refractivity contribution is 5.85. The molecule has 1 heterocycles. The first-order chi connectivity index (χ1) is 11.2. The Balaban J connectivity index is 0.00000208. The number of aryl methyl sites for hydroxylation is 1. The minimum absolute atomic E-state index is 0. The first kappa shape index (κ1) is 18.4. The number of fused-ring (bicyclic) bond motifs is 1. The lowest BCUT2D eigenvalue weighted by Crippen LogP contribution is -2.40. The standard InChI is InChI=1S/C17H22N4O2.ClH/c18-10-12-4-3-7-14(12)20-16(22)8-9-21-11-19-15-6-2-1-5-13(15)17(21)23;/h1-2,5-6,11-12,14H,3-4,7-10,18H2,(H,20,22);1H. The van der Waals surface area contributed by atoms with Crippen LogP contribution in [0.3, 0.4) is 0 Å². The van der Waals surface area contributed by atoms with Gasteiger partial charge in [0.2, 0.25) is 5.91 Å². The van der Waals surface area contributed by atoms with Gasteiger partial charge in [-0.15, -0.1) is 12.4 Å². The molecule has 0 saturated heterocycles. The van der Waals surface area contributed by atoms with Crippen molar-refractivity contribution < 1.29 is 4.79 Å². The monoisotopic (exact) mass is 350 g/mol. The number of carbonyl (C=O) groups is 1. The Morgan fingerprint density at radius 3 is 2.92 bits per heavy atom. The summed E-state index contributed by atoms with van der Waals surface area (Å²) >= 11 is 0. The van der Waals surface area contributed by atoms with Crippen LogP contribution in [-0.2, 0) is 11.3 Å². The molecular weight excluding hydrogens is 328 g/mol. The zero-order chi connectivity index (χ0) is 16.2. The first-order valence-corrected chi connectivity index (χ1v) is 8.12. The zero-order valence-corrected chi connectivity index (χ0v) is 14.3. The number of nitrogens with one attached hydrogen (secondary N) is 1. The SMILES string of the molecule is Cl.NCC1CCCC1NC(=O)CCn1cnc2ccccc2c1=O. The molecule has 0 spiro atoms. The van der Waals surface area contributed by atoms with E-state index >= 15 is 0 Å². The van der Waals surface area contributed by atoms with Crippen molar-refractivity contribution in [1.29, 1.82) is 0 Å². The predicted molar refractivity (Wildman–Crippen MR) is 96.2 cm³/mol. The summed E-state index contributed by atoms with van der Waals surface area (Å²) in [6, 6.07) is 7.41. The van der Waals surface area contributed by atoms with E-state index in [9.17, 15) is 9.59 Å². The number of hydrogen-bond donors (Lipinski definition) is 2. The molecule has 24 heavy (non-hydrogen) atoms. The largest absolute Gasteiger partial charge is 0.353 e. The maximum atomic E-state index is 12.4. The van der Waals surface area contributed by atoms with Gasteiger partial charge in [0.15, 0.2) is 0 Å². The van der Waals surface area contributed by atoms with Gasteiger partial charge in [-0.2, -0.15) is 0 Å². The van der Waals surface area contributed by atoms with Crippen molar-refractivity contribution in [3.05, 3.63) is 40.9 Å². The van der Waals surface area contributed by atoms with E-state index < -0.39 is 0 Å². The van der Waals surface area contributed by atoms with Crippen molar-refractivity contribution in [2.75, 3.05) is 6.54 Å². The third-order valence-corrected chi connectivity index (χ3v) is 4.62. The summed E-state index contributed by atoms with van der Waals surface area (Å²) < 4.78 is 1.50. The lowest BCUT2D eigenvalue weighted by atomic mass is 10.0. The number of rotatable bonds is 5. The van der Waals surface area contributed by atoms with Crippen molar-refractivity contribution in [2.45, 2.75) is 38.3 Å². The lowest BCUT2D eigenvalue weighted by molar-refractivity contribution is -0.122. The number of aromatic nitrogens is 2. The molecule has 130 valence electrons. The summed E-state index contributed by atoms with van der Waals surface area (Å²) in [5.74, 6) is 0.347. The van der Waals surface area contributed by atoms with Gasteiger partial charge < -0.3 is 11.1 Å². The van der Waals surface area contributed by atoms with Gasteiger partial charge in [0.05, 0.1) is 17.2 Å². The second-order valence-electron chi connectivity index (χ2n) is 6.11. The fraction of sp³-hybridized carbons (Fsp3) is 0.471. The van der Waals surface area contributed by atoms with Crippen molar-refractivity contribution >= 4 is 29.2 Å². The molecule has 2 unspecified atom stereocenters. The van der Waals surface area contributed by atoms with E-state index in [0.717, 1.165) is 19.3 Å². The van der Waals surface area contributed by atoms with Crippen LogP contribution < -0.4 is 16.6 Å². The smallest absolute Gasteiger partial charge is 0.261 e. The van der Waals surface area contributed by atoms with E-state index in [0.29, 0.717) is 29.9 Å². The van der Waals surface area contributed by atoms with Crippen LogP contribution in [0.25, 0.3) is 10.9 Å². The number of hydrogen-bond acceptors (Lipinski definition) is 4. The summed E-state index contributed by atoms with van der Waals surface area (Å²) in [5, 5.41) is 3.63. The molecule has 1 fully saturated rings. The third-order valence-electron chi connectivity index (χ3n) is 4.62. The number of para-hydroxylation sites is 1. The molecular formula is C17H23ClN4O2. The van der Waals surface area contributed by atoms with Crippen LogP contribution in [0, 0.1) is 5.92 Å². The first-order valence-electron chi connectivity index (χ1n) is 8.12. The molecule has 6 nitrogen and oxygen atoms in total. The molecule has 1 aliphatic carbocycles. The van der Waals surface area contributed by atoms with E-state index in [1.807, 2.05) is 12.1 Å². The minimum atomic E-state index is -0.107. The van der Waals surface area contributed by atoms with E-state index in [-0.39, 0.29) is 36.3 Å². The van der Waals surface area contributed by atoms with Crippen molar-refractivity contribution in [3.63, 3.8) is 0 Å². The molecule has 1 amide bonds. The molecule has 0 aliphatic heterocycles. The summed E-state index contributed by atoms with van der Waals surface area (Å²) in [7, 11) is 0. The molecule has 3 rings (SSSR count). The van der Waals surface area contributed by atoms with Gasteiger partial charge in [-0.05, 0) is 37.4 Å². The Morgan fingerprint density at radius 2 is 2.12 bits per heavy atom. The summed E-state index contributed by atoms with van der Waals surface area (Å²) in [4.78, 5) is 28.7. The van der Waals surface area contributed by atoms with E-state index in [1.54, 1.807) is 12.1 Å². The maximum absolute atomic E-state index is 12.4. The third kappa shape index (κ3) is 3.94. The summed E-state index contributed by atoms with van der Waals surface area (Å²) in [6.07, 6.45) is 4.96. The van der Waals surface area contributed by atoms with Crippen LogP contribution in [0.15, 0.2) is 35.4 Å². The number of amides is 1. The molecule has 1 aromatic carbocycles. The number of nitrogens with zero attached hydrogens (tertiary/aromatic N) is 2. The quantitative estimate of drug-likeness (QED) is 0.854. The average Bonchev–Trinajstić information content (AvgIpc) is 3.01. The van der Waals surface area contributed by atoms with Crippen LogP contribution in [0.4, 0.5) is 0 Å². The second-order valence-corrected chi connectivity index (χ2v) is 6.11. The molecule has 7 heteroatoms. The molecule has 3 N–H and O–H groups in total. The zero-order valence-electron chi connectivity index (χ0n) is 13.5. The normalized spacial score (nSPS) is 19.9. The van der Waals surface area contributed by atoms with Gasteiger partial charge in [-0.25, -0.2) is 4.98 Å². The van der Waals surface area contributed by atoms with E-state index in [1.165, 1.54) is 10.9 Å². The Bertz CT molecular complexity index is 762. The molecule has 1 aliphatic rings. The molecule has 1 aromatic heterocycles. The van der Waals surface area contributed by atoms with Crippen molar-refractivity contribution in [3.8, 4) is 0 Å². The number of carbonyl (C=O) groups excluding carboxylic acids is 1. The average molecular weight is 351 g/mol. The predicted octanol–water partition coefficient (Wildman–Crippen LogP) is 1.45. The second kappa shape index (κ2) is 8.26. The Hall–Kier alpha value is -1.92. The number of benzene rings is 1. The van der Waals surface area contributed by atoms with Crippen molar-refractivity contribution in [2.24, 2.45) is 11.7 Å². The van der Waals surface area contributed by atoms with Crippen LogP contribution in [0.1, 0.15) is 25.7 Å². The topological polar surface area (TPSA) is 90.0 Å². The van der Waals surface area contributed by atoms with Crippen molar-refractivity contribution in [1.82, 2.24) is 14.9 Å². The van der Waals surface area contributed by atoms with Gasteiger partial charge in [0.1, 0.15) is 0 Å². The van der Waals surface area contributed by atoms with Crippen LogP contribution >= 0.6 is 12.4 Å². The van der Waals surface area contributed by atoms with Gasteiger partial charge in [0, 0.05) is 19.0 Å². The Labute approximate surface area is 146 Å². The van der Waals surface area contributed by atoms with Gasteiger partial charge in [0.25, 0.3) is 5.56 Å². The fourth-order valence-electron chi connectivity index (χ4n) is 3.28. The van der Waals surface area contributed by atoms with Crippen LogP contribution in [-0.4, -0.2) is 28.0 Å². The van der Waals surface area contributed by atoms with Crippen LogP contribution in [0.5, 0.6) is 0 Å². The van der Waals surface area contributed by atoms with Gasteiger partial charge in [-0.1, -0.05) is 18.6 Å². The minimum Gasteiger partial charge on any atom is -0.353 e. The van der Waals surface area contributed by atoms with E-state index in [4.69, 9.17) is 5.73 Å². The maximum Gasteiger partial charge on any atom is 0.261 e. The highest BCUT2D eigenvalue weighted by Crippen LogP contribution is 2.24. The summed E-state index contributed by atoms with van der Waals surface area (Å²) in [5.41, 5.74) is 6.30. The molecule has 2 atom stereocenters. The lowest BCUT2D eigenvalue weighted by Gasteiger charge is -2.19. The number of halogens is 1. The van der Waals surface area contributed by atoms with Gasteiger partial charge >= 0.3 is 0 Å². The highest BCUT2D eigenvalue weighted by Gasteiger charge is 2.27. The molecule has 1 saturated carbocycles. The van der Waals surface area contributed by atoms with E-state index in [2.05, 4.69) is 10.3 Å². The molecule has 0 radical (unpaired) electrons. The van der Waals surface area contributed by atoms with Gasteiger partial charge in [-0.3, -0.25) is 14.2 Å². The Morgan fingerprint density at radius 1 is 1.33 bits per heavy atom. The summed E-state index contributed by atoms with van der Waals surface area (Å²) in [6.45, 7) is 0.946. The fourth-order valence-corrected chi connectivity index (χ4v) is 3.28. The highest BCUT2D eigenvalue weighted by atomic mass is 35.5. The number of nitrogens with two attached hydrogens (primary N) is 1.